The van der Waals surface area contributed by atoms with Crippen LogP contribution in [-0.4, -0.2) is 33.8 Å². The summed E-state index contributed by atoms with van der Waals surface area (Å²) in [4.78, 5) is 16.4. The van der Waals surface area contributed by atoms with Crippen molar-refractivity contribution in [1.82, 2.24) is 20.1 Å². The van der Waals surface area contributed by atoms with Gasteiger partial charge in [-0.15, -0.1) is 5.10 Å². The number of rotatable bonds is 6. The van der Waals surface area contributed by atoms with Gasteiger partial charge in [0, 0.05) is 0 Å². The topological polar surface area (TPSA) is 69.0 Å². The first-order valence-electron chi connectivity index (χ1n) is 7.69. The Morgan fingerprint density at radius 1 is 1.08 bits per heavy atom. The number of benzene rings is 2. The predicted octanol–water partition coefficient (Wildman–Crippen LogP) is 2.38. The first-order valence-corrected chi connectivity index (χ1v) is 7.69. The van der Waals surface area contributed by atoms with Gasteiger partial charge in [-0.05, 0) is 31.2 Å². The van der Waals surface area contributed by atoms with Crippen LogP contribution in [0.15, 0.2) is 60.7 Å². The zero-order valence-corrected chi connectivity index (χ0v) is 13.3. The minimum Gasteiger partial charge on any atom is -0.492 e. The van der Waals surface area contributed by atoms with Crippen LogP contribution in [0.2, 0.25) is 0 Å². The van der Waals surface area contributed by atoms with E-state index in [2.05, 4.69) is 15.4 Å². The summed E-state index contributed by atoms with van der Waals surface area (Å²) in [6.07, 6.45) is 0. The Labute approximate surface area is 140 Å². The molecule has 1 heterocycles. The van der Waals surface area contributed by atoms with E-state index in [-0.39, 0.29) is 11.7 Å². The molecule has 0 saturated heterocycles. The number of hydrogen-bond donors (Lipinski definition) is 1. The number of ether oxygens (including phenoxy) is 1. The van der Waals surface area contributed by atoms with Gasteiger partial charge < -0.3 is 10.1 Å². The molecule has 122 valence electrons. The third kappa shape index (κ3) is 3.78. The van der Waals surface area contributed by atoms with E-state index in [4.69, 9.17) is 4.74 Å². The Kier molecular flexibility index (Phi) is 4.86. The van der Waals surface area contributed by atoms with E-state index >= 15 is 0 Å². The third-order valence-corrected chi connectivity index (χ3v) is 3.37. The lowest BCUT2D eigenvalue weighted by molar-refractivity contribution is 0.0936. The second-order valence-corrected chi connectivity index (χ2v) is 5.15. The summed E-state index contributed by atoms with van der Waals surface area (Å²) in [5.41, 5.74) is 0.869. The highest BCUT2D eigenvalue weighted by Gasteiger charge is 2.14. The van der Waals surface area contributed by atoms with E-state index in [0.29, 0.717) is 19.0 Å². The van der Waals surface area contributed by atoms with Gasteiger partial charge in [0.25, 0.3) is 5.91 Å². The fraction of sp³-hybridized carbons (Fsp3) is 0.167. The predicted molar refractivity (Wildman–Crippen MR) is 90.4 cm³/mol. The summed E-state index contributed by atoms with van der Waals surface area (Å²) in [5, 5.41) is 7.03. The molecule has 1 N–H and O–H groups in total. The van der Waals surface area contributed by atoms with E-state index in [1.165, 1.54) is 0 Å². The second kappa shape index (κ2) is 7.41. The van der Waals surface area contributed by atoms with Gasteiger partial charge in [-0.25, -0.2) is 9.67 Å². The zero-order chi connectivity index (χ0) is 16.8. The molecule has 6 heteroatoms. The van der Waals surface area contributed by atoms with Crippen LogP contribution in [0.5, 0.6) is 5.75 Å². The fourth-order valence-electron chi connectivity index (χ4n) is 2.23. The minimum absolute atomic E-state index is 0.149. The molecule has 2 aromatic carbocycles. The van der Waals surface area contributed by atoms with Crippen molar-refractivity contribution in [3.05, 3.63) is 72.3 Å². The highest BCUT2D eigenvalue weighted by atomic mass is 16.5. The van der Waals surface area contributed by atoms with Crippen molar-refractivity contribution >= 4 is 5.91 Å². The van der Waals surface area contributed by atoms with Crippen molar-refractivity contribution in [2.24, 2.45) is 0 Å². The van der Waals surface area contributed by atoms with E-state index in [0.717, 1.165) is 11.4 Å². The van der Waals surface area contributed by atoms with Gasteiger partial charge in [-0.3, -0.25) is 4.79 Å². The summed E-state index contributed by atoms with van der Waals surface area (Å²) < 4.78 is 7.18. The smallest absolute Gasteiger partial charge is 0.291 e. The van der Waals surface area contributed by atoms with E-state index in [1.54, 1.807) is 4.68 Å². The summed E-state index contributed by atoms with van der Waals surface area (Å²) in [7, 11) is 0. The molecular weight excluding hydrogens is 304 g/mol. The highest BCUT2D eigenvalue weighted by molar-refractivity contribution is 5.90. The second-order valence-electron chi connectivity index (χ2n) is 5.15. The molecule has 1 amide bonds. The van der Waals surface area contributed by atoms with Crippen LogP contribution in [0.3, 0.4) is 0 Å². The Morgan fingerprint density at radius 3 is 2.46 bits per heavy atom. The molecule has 0 radical (unpaired) electrons. The molecule has 0 aliphatic heterocycles. The number of carbonyl (C=O) groups excluding carboxylic acids is 1. The van der Waals surface area contributed by atoms with Crippen LogP contribution in [0.1, 0.15) is 16.4 Å². The molecule has 0 atom stereocenters. The van der Waals surface area contributed by atoms with Crippen molar-refractivity contribution in [2.75, 3.05) is 13.2 Å². The van der Waals surface area contributed by atoms with Crippen molar-refractivity contribution < 1.29 is 9.53 Å². The number of carbonyl (C=O) groups is 1. The SMILES string of the molecule is Cc1nc(C(=O)NCCOc2ccccc2)nn1-c1ccccc1. The number of nitrogens with zero attached hydrogens (tertiary/aromatic N) is 3. The maximum absolute atomic E-state index is 12.1. The monoisotopic (exact) mass is 322 g/mol. The van der Waals surface area contributed by atoms with Gasteiger partial charge in [-0.1, -0.05) is 36.4 Å². The van der Waals surface area contributed by atoms with E-state index < -0.39 is 0 Å². The molecule has 0 spiro atoms. The molecular formula is C18H18N4O2. The normalized spacial score (nSPS) is 10.4. The number of amides is 1. The minimum atomic E-state index is -0.315. The zero-order valence-electron chi connectivity index (χ0n) is 13.3. The Bertz CT molecular complexity index is 800. The Morgan fingerprint density at radius 2 is 1.75 bits per heavy atom. The molecule has 3 aromatic rings. The standard InChI is InChI=1S/C18H18N4O2/c1-14-20-17(21-22(14)15-8-4-2-5-9-15)18(23)19-12-13-24-16-10-6-3-7-11-16/h2-11H,12-13H2,1H3,(H,19,23). The molecule has 0 aliphatic rings. The van der Waals surface area contributed by atoms with Gasteiger partial charge in [0.2, 0.25) is 5.82 Å². The molecule has 0 bridgehead atoms. The molecule has 0 unspecified atom stereocenters. The third-order valence-electron chi connectivity index (χ3n) is 3.37. The van der Waals surface area contributed by atoms with Gasteiger partial charge in [0.1, 0.15) is 18.2 Å². The molecule has 1 aromatic heterocycles. The average molecular weight is 322 g/mol. The lowest BCUT2D eigenvalue weighted by atomic mass is 10.3. The highest BCUT2D eigenvalue weighted by Crippen LogP contribution is 2.09. The van der Waals surface area contributed by atoms with Crippen LogP contribution in [-0.2, 0) is 0 Å². The molecule has 0 aliphatic carbocycles. The lowest BCUT2D eigenvalue weighted by Gasteiger charge is -2.06. The maximum Gasteiger partial charge on any atom is 0.291 e. The Hall–Kier alpha value is -3.15. The van der Waals surface area contributed by atoms with Crippen LogP contribution in [0.4, 0.5) is 0 Å². The van der Waals surface area contributed by atoms with Crippen molar-refractivity contribution in [1.29, 1.82) is 0 Å². The first-order chi connectivity index (χ1) is 11.7. The molecule has 3 rings (SSSR count). The summed E-state index contributed by atoms with van der Waals surface area (Å²) in [5.74, 6) is 1.27. The molecule has 0 saturated carbocycles. The molecule has 24 heavy (non-hydrogen) atoms. The van der Waals surface area contributed by atoms with Gasteiger partial charge in [0.15, 0.2) is 0 Å². The summed E-state index contributed by atoms with van der Waals surface area (Å²) in [6, 6.07) is 19.0. The van der Waals surface area contributed by atoms with Gasteiger partial charge >= 0.3 is 0 Å². The van der Waals surface area contributed by atoms with Crippen molar-refractivity contribution in [2.45, 2.75) is 6.92 Å². The molecule has 0 fully saturated rings. The number of nitrogens with one attached hydrogen (secondary N) is 1. The largest absolute Gasteiger partial charge is 0.492 e. The summed E-state index contributed by atoms with van der Waals surface area (Å²) in [6.45, 7) is 2.58. The Balaban J connectivity index is 1.56. The van der Waals surface area contributed by atoms with E-state index in [9.17, 15) is 4.79 Å². The number of para-hydroxylation sites is 2. The van der Waals surface area contributed by atoms with Crippen LogP contribution in [0, 0.1) is 6.92 Å². The van der Waals surface area contributed by atoms with Crippen LogP contribution >= 0.6 is 0 Å². The first kappa shape index (κ1) is 15.7. The summed E-state index contributed by atoms with van der Waals surface area (Å²) >= 11 is 0. The van der Waals surface area contributed by atoms with Crippen LogP contribution < -0.4 is 10.1 Å². The van der Waals surface area contributed by atoms with Crippen molar-refractivity contribution in [3.8, 4) is 11.4 Å². The van der Waals surface area contributed by atoms with Gasteiger partial charge in [0.05, 0.1) is 12.2 Å². The van der Waals surface area contributed by atoms with Crippen LogP contribution in [0.25, 0.3) is 5.69 Å². The molecule has 6 nitrogen and oxygen atoms in total. The van der Waals surface area contributed by atoms with Crippen molar-refractivity contribution in [3.63, 3.8) is 0 Å². The number of hydrogen-bond acceptors (Lipinski definition) is 4. The van der Waals surface area contributed by atoms with E-state index in [1.807, 2.05) is 67.6 Å². The number of aromatic nitrogens is 3. The lowest BCUT2D eigenvalue weighted by Crippen LogP contribution is -2.29. The quantitative estimate of drug-likeness (QED) is 0.708. The number of aryl methyl sites for hydroxylation is 1. The average Bonchev–Trinajstić information content (AvgIpc) is 3.02. The van der Waals surface area contributed by atoms with Gasteiger partial charge in [-0.2, -0.15) is 0 Å². The fourth-order valence-corrected chi connectivity index (χ4v) is 2.23. The maximum atomic E-state index is 12.1.